The van der Waals surface area contributed by atoms with Crippen LogP contribution in [-0.2, 0) is 4.79 Å². The highest BCUT2D eigenvalue weighted by Gasteiger charge is 2.43. The highest BCUT2D eigenvalue weighted by atomic mass is 16.2. The molecule has 1 aliphatic rings. The van der Waals surface area contributed by atoms with Gasteiger partial charge in [0.1, 0.15) is 5.54 Å². The molecule has 4 nitrogen and oxygen atoms in total. The first-order valence-electron chi connectivity index (χ1n) is 6.68. The number of carbonyl (C=O) groups excluding carboxylic acids is 1. The molecule has 1 heterocycles. The van der Waals surface area contributed by atoms with Gasteiger partial charge in [0.25, 0.3) is 5.91 Å². The zero-order valence-electron chi connectivity index (χ0n) is 11.5. The predicted octanol–water partition coefficient (Wildman–Crippen LogP) is 2.06. The first-order chi connectivity index (χ1) is 8.04. The summed E-state index contributed by atoms with van der Waals surface area (Å²) in [6, 6.07) is 0. The molecule has 2 N–H and O–H groups in total. The Morgan fingerprint density at radius 3 is 2.29 bits per heavy atom. The van der Waals surface area contributed by atoms with Crippen LogP contribution in [0.5, 0.6) is 0 Å². The third-order valence-corrected chi connectivity index (χ3v) is 2.99. The molecule has 0 aromatic carbocycles. The van der Waals surface area contributed by atoms with E-state index in [9.17, 15) is 4.79 Å². The van der Waals surface area contributed by atoms with Gasteiger partial charge in [-0.25, -0.2) is 0 Å². The van der Waals surface area contributed by atoms with Crippen molar-refractivity contribution in [2.24, 2.45) is 10.9 Å². The van der Waals surface area contributed by atoms with Gasteiger partial charge in [0, 0.05) is 6.54 Å². The molecule has 0 bridgehead atoms. The lowest BCUT2D eigenvalue weighted by atomic mass is 9.89. The predicted molar refractivity (Wildman–Crippen MR) is 71.0 cm³/mol. The maximum Gasteiger partial charge on any atom is 0.252 e. The minimum Gasteiger partial charge on any atom is -0.342 e. The summed E-state index contributed by atoms with van der Waals surface area (Å²) in [7, 11) is 0. The smallest absolute Gasteiger partial charge is 0.252 e. The molecule has 1 rings (SSSR count). The summed E-state index contributed by atoms with van der Waals surface area (Å²) in [6.45, 7) is 9.19. The van der Waals surface area contributed by atoms with E-state index < -0.39 is 5.54 Å². The van der Waals surface area contributed by atoms with Crippen LogP contribution in [0, 0.1) is 5.92 Å². The number of rotatable bonds is 6. The van der Waals surface area contributed by atoms with Gasteiger partial charge in [-0.15, -0.1) is 0 Å². The number of carbonyl (C=O) groups is 1. The van der Waals surface area contributed by atoms with Crippen LogP contribution >= 0.6 is 0 Å². The molecule has 98 valence electrons. The second kappa shape index (κ2) is 6.03. The van der Waals surface area contributed by atoms with Crippen molar-refractivity contribution in [1.82, 2.24) is 10.6 Å². The molecule has 1 aliphatic heterocycles. The summed E-state index contributed by atoms with van der Waals surface area (Å²) in [5.41, 5.74) is -0.417. The summed E-state index contributed by atoms with van der Waals surface area (Å²) in [6.07, 6.45) is 3.73. The van der Waals surface area contributed by atoms with Gasteiger partial charge in [0.05, 0.1) is 0 Å². The van der Waals surface area contributed by atoms with E-state index in [0.717, 1.165) is 32.2 Å². The molecule has 1 saturated heterocycles. The highest BCUT2D eigenvalue weighted by molar-refractivity contribution is 6.09. The number of hydrogen-bond donors (Lipinski definition) is 2. The number of nitrogens with one attached hydrogen (secondary N) is 2. The Balaban J connectivity index is 2.74. The van der Waals surface area contributed by atoms with Gasteiger partial charge in [-0.2, -0.15) is 0 Å². The average molecular weight is 239 g/mol. The molecule has 1 amide bonds. The van der Waals surface area contributed by atoms with E-state index in [1.165, 1.54) is 0 Å². The molecule has 17 heavy (non-hydrogen) atoms. The quantitative estimate of drug-likeness (QED) is 0.745. The van der Waals surface area contributed by atoms with Crippen LogP contribution in [0.1, 0.15) is 53.4 Å². The second-order valence-electron chi connectivity index (χ2n) is 5.24. The summed E-state index contributed by atoms with van der Waals surface area (Å²) in [5.74, 6) is 1.25. The van der Waals surface area contributed by atoms with Crippen LogP contribution in [0.25, 0.3) is 0 Å². The van der Waals surface area contributed by atoms with Gasteiger partial charge < -0.3 is 5.32 Å². The monoisotopic (exact) mass is 239 g/mol. The van der Waals surface area contributed by atoms with Crippen LogP contribution in [-0.4, -0.2) is 24.0 Å². The summed E-state index contributed by atoms with van der Waals surface area (Å²) >= 11 is 0. The number of aliphatic imine (C=N–C) groups is 1. The molecular weight excluding hydrogens is 214 g/mol. The number of hydrogen-bond acceptors (Lipinski definition) is 2. The van der Waals surface area contributed by atoms with Gasteiger partial charge >= 0.3 is 0 Å². The average Bonchev–Trinajstić information content (AvgIpc) is 2.54. The second-order valence-corrected chi connectivity index (χ2v) is 5.24. The molecule has 0 aromatic rings. The maximum absolute atomic E-state index is 12.1. The number of nitrogens with zero attached hydrogens (tertiary/aromatic N) is 1. The lowest BCUT2D eigenvalue weighted by Gasteiger charge is -2.25. The Kier molecular flexibility index (Phi) is 4.97. The lowest BCUT2D eigenvalue weighted by Crippen LogP contribution is -2.46. The first-order valence-corrected chi connectivity index (χ1v) is 6.68. The Hall–Kier alpha value is -1.06. The largest absolute Gasteiger partial charge is 0.342 e. The van der Waals surface area contributed by atoms with Crippen molar-refractivity contribution in [2.75, 3.05) is 6.54 Å². The van der Waals surface area contributed by atoms with Gasteiger partial charge in [-0.1, -0.05) is 40.5 Å². The van der Waals surface area contributed by atoms with E-state index in [-0.39, 0.29) is 5.91 Å². The highest BCUT2D eigenvalue weighted by Crippen LogP contribution is 2.23. The van der Waals surface area contributed by atoms with Crippen LogP contribution in [0.3, 0.4) is 0 Å². The van der Waals surface area contributed by atoms with Gasteiger partial charge in [-0.3, -0.25) is 15.1 Å². The Morgan fingerprint density at radius 1 is 1.24 bits per heavy atom. The molecule has 4 heteroatoms. The SMILES string of the molecule is CCCC1(CCC)NC(=NCC(C)C)NC1=O. The van der Waals surface area contributed by atoms with Crippen LogP contribution in [0.2, 0.25) is 0 Å². The summed E-state index contributed by atoms with van der Waals surface area (Å²) in [4.78, 5) is 16.5. The topological polar surface area (TPSA) is 53.5 Å². The van der Waals surface area contributed by atoms with Crippen molar-refractivity contribution in [3.05, 3.63) is 0 Å². The van der Waals surface area contributed by atoms with E-state index in [4.69, 9.17) is 0 Å². The van der Waals surface area contributed by atoms with E-state index in [1.807, 2.05) is 0 Å². The third kappa shape index (κ3) is 3.45. The van der Waals surface area contributed by atoms with Crippen molar-refractivity contribution >= 4 is 11.9 Å². The van der Waals surface area contributed by atoms with Crippen LogP contribution < -0.4 is 10.6 Å². The minimum absolute atomic E-state index is 0.0868. The molecule has 1 fully saturated rings. The number of amides is 1. The van der Waals surface area contributed by atoms with Crippen LogP contribution in [0.15, 0.2) is 4.99 Å². The number of guanidine groups is 1. The fourth-order valence-electron chi connectivity index (χ4n) is 2.23. The van der Waals surface area contributed by atoms with Gasteiger partial charge in [-0.05, 0) is 18.8 Å². The van der Waals surface area contributed by atoms with E-state index >= 15 is 0 Å². The fraction of sp³-hybridized carbons (Fsp3) is 0.846. The maximum atomic E-state index is 12.1. The third-order valence-electron chi connectivity index (χ3n) is 2.99. The van der Waals surface area contributed by atoms with E-state index in [0.29, 0.717) is 11.9 Å². The van der Waals surface area contributed by atoms with Gasteiger partial charge in [0.2, 0.25) is 0 Å². The van der Waals surface area contributed by atoms with E-state index in [2.05, 4.69) is 43.3 Å². The molecule has 0 spiro atoms. The fourth-order valence-corrected chi connectivity index (χ4v) is 2.23. The molecule has 0 aliphatic carbocycles. The summed E-state index contributed by atoms with van der Waals surface area (Å²) in [5, 5.41) is 6.17. The van der Waals surface area contributed by atoms with Crippen molar-refractivity contribution in [1.29, 1.82) is 0 Å². The Morgan fingerprint density at radius 2 is 1.82 bits per heavy atom. The molecule has 0 aromatic heterocycles. The van der Waals surface area contributed by atoms with Crippen molar-refractivity contribution in [3.63, 3.8) is 0 Å². The standard InChI is InChI=1S/C13H25N3O/c1-5-7-13(8-6-2)11(17)15-12(16-13)14-9-10(3)4/h10H,5-9H2,1-4H3,(H2,14,15,16,17). The summed E-state index contributed by atoms with van der Waals surface area (Å²) < 4.78 is 0. The Bertz CT molecular complexity index is 291. The van der Waals surface area contributed by atoms with Crippen molar-refractivity contribution < 1.29 is 4.79 Å². The zero-order valence-corrected chi connectivity index (χ0v) is 11.5. The molecular formula is C13H25N3O. The zero-order chi connectivity index (χ0) is 12.9. The molecule has 0 radical (unpaired) electrons. The lowest BCUT2D eigenvalue weighted by molar-refractivity contribution is -0.124. The van der Waals surface area contributed by atoms with Crippen LogP contribution in [0.4, 0.5) is 0 Å². The minimum atomic E-state index is -0.417. The first kappa shape index (κ1) is 14.0. The van der Waals surface area contributed by atoms with Gasteiger partial charge in [0.15, 0.2) is 5.96 Å². The molecule has 0 atom stereocenters. The molecule has 0 saturated carbocycles. The van der Waals surface area contributed by atoms with E-state index in [1.54, 1.807) is 0 Å². The van der Waals surface area contributed by atoms with Crippen molar-refractivity contribution in [2.45, 2.75) is 58.9 Å². The molecule has 0 unspecified atom stereocenters. The van der Waals surface area contributed by atoms with Crippen molar-refractivity contribution in [3.8, 4) is 0 Å². The Labute approximate surface area is 104 Å². The normalized spacial score (nSPS) is 20.8.